The molecular formula is C12H16BrNO4S. The van der Waals surface area contributed by atoms with Crippen molar-refractivity contribution >= 4 is 31.9 Å². The van der Waals surface area contributed by atoms with Gasteiger partial charge in [0, 0.05) is 4.47 Å². The highest BCUT2D eigenvalue weighted by atomic mass is 79.9. The van der Waals surface area contributed by atoms with Gasteiger partial charge in [-0.25, -0.2) is 8.42 Å². The Morgan fingerprint density at radius 1 is 1.37 bits per heavy atom. The molecule has 0 fully saturated rings. The summed E-state index contributed by atoms with van der Waals surface area (Å²) >= 11 is 3.21. The fourth-order valence-electron chi connectivity index (χ4n) is 1.51. The van der Waals surface area contributed by atoms with E-state index < -0.39 is 22.0 Å². The number of sulfonamides is 1. The molecule has 0 aliphatic rings. The largest absolute Gasteiger partial charge is 0.480 e. The highest BCUT2D eigenvalue weighted by Gasteiger charge is 2.24. The summed E-state index contributed by atoms with van der Waals surface area (Å²) in [5, 5.41) is 9.02. The third kappa shape index (κ3) is 4.93. The molecule has 19 heavy (non-hydrogen) atoms. The van der Waals surface area contributed by atoms with E-state index in [1.165, 1.54) is 12.1 Å². The zero-order valence-corrected chi connectivity index (χ0v) is 12.9. The third-order valence-corrected chi connectivity index (χ3v) is 4.58. The van der Waals surface area contributed by atoms with Crippen LogP contribution in [0.25, 0.3) is 0 Å². The molecule has 0 aliphatic carbocycles. The molecule has 0 radical (unpaired) electrons. The van der Waals surface area contributed by atoms with Gasteiger partial charge in [-0.1, -0.05) is 35.7 Å². The second-order valence-corrected chi connectivity index (χ2v) is 6.74. The minimum atomic E-state index is -3.80. The molecule has 1 aromatic carbocycles. The lowest BCUT2D eigenvalue weighted by atomic mass is 10.1. The average Bonchev–Trinajstić information content (AvgIpc) is 2.34. The van der Waals surface area contributed by atoms with Crippen LogP contribution in [0.3, 0.4) is 0 Å². The molecule has 0 saturated heterocycles. The molecule has 0 bridgehead atoms. The van der Waals surface area contributed by atoms with Crippen LogP contribution in [0, 0.1) is 0 Å². The second-order valence-electron chi connectivity index (χ2n) is 4.11. The van der Waals surface area contributed by atoms with Crippen molar-refractivity contribution in [2.75, 3.05) is 0 Å². The first-order chi connectivity index (χ1) is 8.86. The summed E-state index contributed by atoms with van der Waals surface area (Å²) in [6, 6.07) is 4.94. The molecule has 0 amide bonds. The van der Waals surface area contributed by atoms with Crippen LogP contribution in [0.1, 0.15) is 26.2 Å². The van der Waals surface area contributed by atoms with Gasteiger partial charge in [-0.2, -0.15) is 4.72 Å². The number of aliphatic carboxylic acids is 1. The first-order valence-corrected chi connectivity index (χ1v) is 8.15. The van der Waals surface area contributed by atoms with Crippen LogP contribution in [-0.4, -0.2) is 25.5 Å². The van der Waals surface area contributed by atoms with Crippen LogP contribution in [-0.2, 0) is 14.8 Å². The van der Waals surface area contributed by atoms with Crippen molar-refractivity contribution in [3.8, 4) is 0 Å². The van der Waals surface area contributed by atoms with Gasteiger partial charge in [0.15, 0.2) is 0 Å². The molecule has 0 aromatic heterocycles. The topological polar surface area (TPSA) is 83.5 Å². The molecule has 1 rings (SSSR count). The molecule has 1 aromatic rings. The van der Waals surface area contributed by atoms with E-state index in [0.29, 0.717) is 6.42 Å². The van der Waals surface area contributed by atoms with Crippen LogP contribution in [0.5, 0.6) is 0 Å². The van der Waals surface area contributed by atoms with Crippen LogP contribution in [0.4, 0.5) is 0 Å². The second kappa shape index (κ2) is 7.02. The highest BCUT2D eigenvalue weighted by Crippen LogP contribution is 2.15. The summed E-state index contributed by atoms with van der Waals surface area (Å²) in [6.07, 6.45) is 1.74. The Bertz CT molecular complexity index is 527. The van der Waals surface area contributed by atoms with Crippen molar-refractivity contribution in [2.24, 2.45) is 0 Å². The standard InChI is InChI=1S/C12H16BrNO4S/c1-2-3-4-11(12(15)16)14-19(17,18)10-7-5-9(13)6-8-10/h5-8,11,14H,2-4H2,1H3,(H,15,16)/t11-/m1/s1. The van der Waals surface area contributed by atoms with Crippen LogP contribution in [0.15, 0.2) is 33.6 Å². The van der Waals surface area contributed by atoms with E-state index in [9.17, 15) is 13.2 Å². The summed E-state index contributed by atoms with van der Waals surface area (Å²) in [4.78, 5) is 11.1. The van der Waals surface area contributed by atoms with E-state index in [1.54, 1.807) is 12.1 Å². The van der Waals surface area contributed by atoms with Crippen molar-refractivity contribution in [2.45, 2.75) is 37.1 Å². The summed E-state index contributed by atoms with van der Waals surface area (Å²) in [5.41, 5.74) is 0. The summed E-state index contributed by atoms with van der Waals surface area (Å²) in [6.45, 7) is 1.92. The number of nitrogens with one attached hydrogen (secondary N) is 1. The molecular weight excluding hydrogens is 334 g/mol. The Hall–Kier alpha value is -0.920. The fraction of sp³-hybridized carbons (Fsp3) is 0.417. The molecule has 0 saturated carbocycles. The highest BCUT2D eigenvalue weighted by molar-refractivity contribution is 9.10. The van der Waals surface area contributed by atoms with Crippen molar-refractivity contribution in [3.05, 3.63) is 28.7 Å². The Morgan fingerprint density at radius 3 is 2.42 bits per heavy atom. The van der Waals surface area contributed by atoms with E-state index in [4.69, 9.17) is 5.11 Å². The summed E-state index contributed by atoms with van der Waals surface area (Å²) < 4.78 is 27.0. The summed E-state index contributed by atoms with van der Waals surface area (Å²) in [5.74, 6) is -1.16. The molecule has 1 atom stereocenters. The van der Waals surface area contributed by atoms with Crippen molar-refractivity contribution in [1.82, 2.24) is 4.72 Å². The number of unbranched alkanes of at least 4 members (excludes halogenated alkanes) is 1. The van der Waals surface area contributed by atoms with Gasteiger partial charge in [-0.05, 0) is 30.7 Å². The van der Waals surface area contributed by atoms with Crippen molar-refractivity contribution < 1.29 is 18.3 Å². The Morgan fingerprint density at radius 2 is 1.95 bits per heavy atom. The molecule has 0 spiro atoms. The Labute approximate surface area is 121 Å². The van der Waals surface area contributed by atoms with Gasteiger partial charge in [-0.15, -0.1) is 0 Å². The maximum absolute atomic E-state index is 12.0. The summed E-state index contributed by atoms with van der Waals surface area (Å²) in [7, 11) is -3.80. The van der Waals surface area contributed by atoms with E-state index in [-0.39, 0.29) is 11.3 Å². The van der Waals surface area contributed by atoms with Gasteiger partial charge in [0.2, 0.25) is 10.0 Å². The minimum Gasteiger partial charge on any atom is -0.480 e. The number of halogens is 1. The number of carboxylic acid groups (broad SMARTS) is 1. The van der Waals surface area contributed by atoms with E-state index in [1.807, 2.05) is 6.92 Å². The first kappa shape index (κ1) is 16.1. The van der Waals surface area contributed by atoms with Crippen LogP contribution >= 0.6 is 15.9 Å². The molecule has 0 aliphatic heterocycles. The molecule has 106 valence electrons. The molecule has 7 heteroatoms. The smallest absolute Gasteiger partial charge is 0.321 e. The van der Waals surface area contributed by atoms with Gasteiger partial charge >= 0.3 is 5.97 Å². The Kier molecular flexibility index (Phi) is 5.96. The zero-order valence-electron chi connectivity index (χ0n) is 10.5. The van der Waals surface area contributed by atoms with Gasteiger partial charge in [0.05, 0.1) is 4.90 Å². The SMILES string of the molecule is CCCC[C@@H](NS(=O)(=O)c1ccc(Br)cc1)C(=O)O. The van der Waals surface area contributed by atoms with Gasteiger partial charge < -0.3 is 5.11 Å². The molecule has 2 N–H and O–H groups in total. The number of hydrogen-bond donors (Lipinski definition) is 2. The predicted octanol–water partition coefficient (Wildman–Crippen LogP) is 2.37. The van der Waals surface area contributed by atoms with E-state index in [0.717, 1.165) is 10.9 Å². The number of carbonyl (C=O) groups is 1. The van der Waals surface area contributed by atoms with Gasteiger partial charge in [0.1, 0.15) is 6.04 Å². The number of carboxylic acids is 1. The maximum atomic E-state index is 12.0. The number of rotatable bonds is 7. The van der Waals surface area contributed by atoms with Gasteiger partial charge in [0.25, 0.3) is 0 Å². The number of benzene rings is 1. The monoisotopic (exact) mass is 349 g/mol. The molecule has 0 heterocycles. The quantitative estimate of drug-likeness (QED) is 0.791. The zero-order chi connectivity index (χ0) is 14.5. The lowest BCUT2D eigenvalue weighted by Crippen LogP contribution is -2.40. The van der Waals surface area contributed by atoms with Crippen molar-refractivity contribution in [3.63, 3.8) is 0 Å². The van der Waals surface area contributed by atoms with Crippen molar-refractivity contribution in [1.29, 1.82) is 0 Å². The first-order valence-electron chi connectivity index (χ1n) is 5.87. The van der Waals surface area contributed by atoms with E-state index in [2.05, 4.69) is 20.7 Å². The van der Waals surface area contributed by atoms with Crippen LogP contribution < -0.4 is 4.72 Å². The van der Waals surface area contributed by atoms with Gasteiger partial charge in [-0.3, -0.25) is 4.79 Å². The molecule has 0 unspecified atom stereocenters. The maximum Gasteiger partial charge on any atom is 0.321 e. The lowest BCUT2D eigenvalue weighted by Gasteiger charge is -2.14. The molecule has 5 nitrogen and oxygen atoms in total. The third-order valence-electron chi connectivity index (χ3n) is 2.57. The average molecular weight is 350 g/mol. The Balaban J connectivity index is 2.87. The predicted molar refractivity (Wildman–Crippen MR) is 75.4 cm³/mol. The minimum absolute atomic E-state index is 0.0541. The van der Waals surface area contributed by atoms with E-state index >= 15 is 0 Å². The fourth-order valence-corrected chi connectivity index (χ4v) is 3.00. The normalized spacial score (nSPS) is 13.2. The lowest BCUT2D eigenvalue weighted by molar-refractivity contribution is -0.139. The number of hydrogen-bond acceptors (Lipinski definition) is 3. The van der Waals surface area contributed by atoms with Crippen LogP contribution in [0.2, 0.25) is 0 Å².